The van der Waals surface area contributed by atoms with Crippen LogP contribution in [-0.2, 0) is 20.0 Å². The number of aliphatic carboxylic acids is 1. The van der Waals surface area contributed by atoms with Gasteiger partial charge in [0.15, 0.2) is 0 Å². The minimum Gasteiger partial charge on any atom is -0.481 e. The smallest absolute Gasteiger partial charge is 0.304 e. The van der Waals surface area contributed by atoms with E-state index < -0.39 is 19.0 Å². The molecule has 1 N–H and O–H groups in total. The summed E-state index contributed by atoms with van der Waals surface area (Å²) in [5.41, 5.74) is 0.432. The summed E-state index contributed by atoms with van der Waals surface area (Å²) in [4.78, 5) is 10.7. The Morgan fingerprint density at radius 3 is 2.50 bits per heavy atom. The van der Waals surface area contributed by atoms with Crippen LogP contribution in [-0.4, -0.2) is 23.3 Å². The second-order valence-electron chi connectivity index (χ2n) is 4.23. The average molecular weight is 270 g/mol. The summed E-state index contributed by atoms with van der Waals surface area (Å²) < 4.78 is 18.1. The molecule has 2 unspecified atom stereocenters. The molecule has 1 aromatic rings. The van der Waals surface area contributed by atoms with E-state index in [4.69, 9.17) is 9.63 Å². The monoisotopic (exact) mass is 270 g/mol. The van der Waals surface area contributed by atoms with E-state index in [0.29, 0.717) is 6.61 Å². The molecule has 0 aliphatic carbocycles. The van der Waals surface area contributed by atoms with Gasteiger partial charge in [-0.25, -0.2) is 0 Å². The van der Waals surface area contributed by atoms with Crippen LogP contribution >= 0.6 is 7.37 Å². The van der Waals surface area contributed by atoms with Gasteiger partial charge in [-0.3, -0.25) is 9.36 Å². The van der Waals surface area contributed by atoms with E-state index in [1.165, 1.54) is 0 Å². The zero-order chi connectivity index (χ0) is 13.6. The third kappa shape index (κ3) is 4.28. The SMILES string of the molecule is CCOP(=O)(Cc1ccccc1)C(C)CC(=O)O. The first-order chi connectivity index (χ1) is 8.48. The number of benzene rings is 1. The Balaban J connectivity index is 2.86. The number of carboxylic acids is 1. The van der Waals surface area contributed by atoms with Gasteiger partial charge < -0.3 is 9.63 Å². The highest BCUT2D eigenvalue weighted by molar-refractivity contribution is 7.58. The van der Waals surface area contributed by atoms with Crippen LogP contribution in [0.4, 0.5) is 0 Å². The number of hydrogen-bond donors (Lipinski definition) is 1. The van der Waals surface area contributed by atoms with Crippen molar-refractivity contribution in [3.05, 3.63) is 35.9 Å². The predicted molar refractivity (Wildman–Crippen MR) is 71.1 cm³/mol. The second-order valence-corrected chi connectivity index (χ2v) is 7.14. The van der Waals surface area contributed by atoms with Crippen LogP contribution in [0.25, 0.3) is 0 Å². The summed E-state index contributed by atoms with van der Waals surface area (Å²) in [5, 5.41) is 8.80. The Labute approximate surface area is 107 Å². The molecule has 0 amide bonds. The van der Waals surface area contributed by atoms with Gasteiger partial charge in [0.05, 0.1) is 19.2 Å². The summed E-state index contributed by atoms with van der Waals surface area (Å²) in [6.07, 6.45) is 0.153. The van der Waals surface area contributed by atoms with Gasteiger partial charge in [-0.05, 0) is 12.5 Å². The maximum absolute atomic E-state index is 12.7. The first-order valence-electron chi connectivity index (χ1n) is 5.97. The van der Waals surface area contributed by atoms with E-state index in [9.17, 15) is 9.36 Å². The van der Waals surface area contributed by atoms with E-state index in [-0.39, 0.29) is 12.6 Å². The quantitative estimate of drug-likeness (QED) is 0.771. The van der Waals surface area contributed by atoms with Crippen LogP contribution in [0.15, 0.2) is 30.3 Å². The lowest BCUT2D eigenvalue weighted by atomic mass is 10.2. The van der Waals surface area contributed by atoms with Gasteiger partial charge in [0.25, 0.3) is 0 Å². The van der Waals surface area contributed by atoms with Crippen molar-refractivity contribution in [3.63, 3.8) is 0 Å². The molecule has 0 spiro atoms. The van der Waals surface area contributed by atoms with Crippen LogP contribution < -0.4 is 0 Å². The summed E-state index contributed by atoms with van der Waals surface area (Å²) >= 11 is 0. The van der Waals surface area contributed by atoms with Crippen LogP contribution in [0.5, 0.6) is 0 Å². The Morgan fingerprint density at radius 1 is 1.39 bits per heavy atom. The molecule has 0 saturated heterocycles. The number of hydrogen-bond acceptors (Lipinski definition) is 3. The molecule has 0 aliphatic heterocycles. The minimum absolute atomic E-state index is 0.135. The van der Waals surface area contributed by atoms with Gasteiger partial charge >= 0.3 is 5.97 Å². The number of rotatable bonds is 7. The topological polar surface area (TPSA) is 63.6 Å². The third-order valence-electron chi connectivity index (χ3n) is 2.74. The van der Waals surface area contributed by atoms with Gasteiger partial charge in [-0.1, -0.05) is 37.3 Å². The van der Waals surface area contributed by atoms with E-state index in [1.807, 2.05) is 30.3 Å². The van der Waals surface area contributed by atoms with E-state index in [2.05, 4.69) is 0 Å². The molecule has 1 aromatic carbocycles. The molecular weight excluding hydrogens is 251 g/mol. The van der Waals surface area contributed by atoms with Gasteiger partial charge in [0.2, 0.25) is 7.37 Å². The van der Waals surface area contributed by atoms with E-state index >= 15 is 0 Å². The molecule has 2 atom stereocenters. The fraction of sp³-hybridized carbons (Fsp3) is 0.462. The molecule has 100 valence electrons. The molecule has 4 nitrogen and oxygen atoms in total. The van der Waals surface area contributed by atoms with Crippen molar-refractivity contribution >= 4 is 13.3 Å². The van der Waals surface area contributed by atoms with Crippen molar-refractivity contribution in [1.82, 2.24) is 0 Å². The van der Waals surface area contributed by atoms with Crippen molar-refractivity contribution in [3.8, 4) is 0 Å². The molecule has 0 radical (unpaired) electrons. The molecule has 0 saturated carbocycles. The lowest BCUT2D eigenvalue weighted by molar-refractivity contribution is -0.137. The Kier molecular flexibility index (Phi) is 5.57. The third-order valence-corrected chi connectivity index (χ3v) is 5.76. The van der Waals surface area contributed by atoms with Crippen molar-refractivity contribution in [1.29, 1.82) is 0 Å². The normalized spacial score (nSPS) is 15.9. The van der Waals surface area contributed by atoms with Crippen LogP contribution in [0, 0.1) is 0 Å². The predicted octanol–water partition coefficient (Wildman–Crippen LogP) is 3.36. The zero-order valence-electron chi connectivity index (χ0n) is 10.7. The zero-order valence-corrected chi connectivity index (χ0v) is 11.6. The van der Waals surface area contributed by atoms with Gasteiger partial charge in [0, 0.05) is 5.66 Å². The van der Waals surface area contributed by atoms with Gasteiger partial charge in [-0.2, -0.15) is 0 Å². The van der Waals surface area contributed by atoms with Crippen LogP contribution in [0.2, 0.25) is 0 Å². The number of carboxylic acid groups (broad SMARTS) is 1. The fourth-order valence-corrected chi connectivity index (χ4v) is 4.03. The van der Waals surface area contributed by atoms with Crippen molar-refractivity contribution in [2.45, 2.75) is 32.1 Å². The molecule has 0 fully saturated rings. The van der Waals surface area contributed by atoms with Crippen molar-refractivity contribution in [2.24, 2.45) is 0 Å². The number of carbonyl (C=O) groups is 1. The molecule has 18 heavy (non-hydrogen) atoms. The highest BCUT2D eigenvalue weighted by Gasteiger charge is 2.32. The molecule has 5 heteroatoms. The minimum atomic E-state index is -2.97. The maximum Gasteiger partial charge on any atom is 0.304 e. The van der Waals surface area contributed by atoms with Crippen molar-refractivity contribution < 1.29 is 19.0 Å². The lowest BCUT2D eigenvalue weighted by Gasteiger charge is -2.23. The van der Waals surface area contributed by atoms with Crippen LogP contribution in [0.1, 0.15) is 25.8 Å². The Hall–Kier alpha value is -1.12. The standard InChI is InChI=1S/C13H19O4P/c1-3-17-18(16,11(2)9-13(14)15)10-12-7-5-4-6-8-12/h4-8,11H,3,9-10H2,1-2H3,(H,14,15). The molecule has 0 heterocycles. The highest BCUT2D eigenvalue weighted by atomic mass is 31.2. The van der Waals surface area contributed by atoms with Crippen LogP contribution in [0.3, 0.4) is 0 Å². The fourth-order valence-electron chi connectivity index (χ4n) is 1.78. The Morgan fingerprint density at radius 2 is 2.00 bits per heavy atom. The van der Waals surface area contributed by atoms with Crippen molar-refractivity contribution in [2.75, 3.05) is 6.61 Å². The van der Waals surface area contributed by atoms with Gasteiger partial charge in [-0.15, -0.1) is 0 Å². The first kappa shape index (κ1) is 14.9. The summed E-state index contributed by atoms with van der Waals surface area (Å²) in [7, 11) is -2.97. The first-order valence-corrected chi connectivity index (χ1v) is 7.85. The summed E-state index contributed by atoms with van der Waals surface area (Å²) in [6, 6.07) is 9.37. The van der Waals surface area contributed by atoms with E-state index in [0.717, 1.165) is 5.56 Å². The maximum atomic E-state index is 12.7. The van der Waals surface area contributed by atoms with E-state index in [1.54, 1.807) is 13.8 Å². The molecule has 1 rings (SSSR count). The summed E-state index contributed by atoms with van der Waals surface area (Å²) in [6.45, 7) is 3.77. The Bertz CT molecular complexity index is 430. The lowest BCUT2D eigenvalue weighted by Crippen LogP contribution is -2.13. The highest BCUT2D eigenvalue weighted by Crippen LogP contribution is 2.55. The van der Waals surface area contributed by atoms with Gasteiger partial charge in [0.1, 0.15) is 0 Å². The largest absolute Gasteiger partial charge is 0.481 e. The second kappa shape index (κ2) is 6.72. The average Bonchev–Trinajstić information content (AvgIpc) is 2.29. The molecule has 0 bridgehead atoms. The molecular formula is C13H19O4P. The molecule has 0 aliphatic rings. The molecule has 0 aromatic heterocycles. The summed E-state index contributed by atoms with van der Waals surface area (Å²) in [5.74, 6) is -0.949.